The van der Waals surface area contributed by atoms with Gasteiger partial charge >= 0.3 is 0 Å². The Morgan fingerprint density at radius 2 is 1.93 bits per heavy atom. The Kier molecular flexibility index (Phi) is 2.49. The van der Waals surface area contributed by atoms with Gasteiger partial charge in [-0.2, -0.15) is 0 Å². The molecular formula is C11H11N3O. The van der Waals surface area contributed by atoms with Gasteiger partial charge < -0.3 is 5.32 Å². The van der Waals surface area contributed by atoms with Crippen molar-refractivity contribution < 1.29 is 0 Å². The molecule has 2 rings (SSSR count). The third kappa shape index (κ3) is 2.04. The molecule has 0 radical (unpaired) electrons. The third-order valence-corrected chi connectivity index (χ3v) is 2.09. The largest absolute Gasteiger partial charge is 0.326 e. The van der Waals surface area contributed by atoms with Gasteiger partial charge in [-0.25, -0.2) is 4.98 Å². The molecule has 0 bridgehead atoms. The van der Waals surface area contributed by atoms with Crippen LogP contribution in [0.2, 0.25) is 0 Å². The lowest BCUT2D eigenvalue weighted by atomic mass is 10.3. The van der Waals surface area contributed by atoms with E-state index in [9.17, 15) is 4.79 Å². The van der Waals surface area contributed by atoms with Crippen molar-refractivity contribution in [3.05, 3.63) is 52.9 Å². The van der Waals surface area contributed by atoms with Crippen LogP contribution in [0.25, 0.3) is 0 Å². The predicted molar refractivity (Wildman–Crippen MR) is 59.2 cm³/mol. The number of nitrogens with one attached hydrogen (secondary N) is 1. The fourth-order valence-electron chi connectivity index (χ4n) is 1.24. The maximum atomic E-state index is 11.3. The van der Waals surface area contributed by atoms with Crippen LogP contribution >= 0.6 is 0 Å². The molecule has 0 aliphatic heterocycles. The highest BCUT2D eigenvalue weighted by Gasteiger charge is 1.99. The first-order valence-electron chi connectivity index (χ1n) is 4.61. The van der Waals surface area contributed by atoms with Gasteiger partial charge in [0.15, 0.2) is 0 Å². The van der Waals surface area contributed by atoms with Crippen LogP contribution in [0.3, 0.4) is 0 Å². The van der Waals surface area contributed by atoms with Crippen molar-refractivity contribution in [2.24, 2.45) is 7.05 Å². The highest BCUT2D eigenvalue weighted by Crippen LogP contribution is 2.10. The Hall–Kier alpha value is -2.10. The molecule has 0 unspecified atom stereocenters. The molecule has 1 aromatic heterocycles. The molecular weight excluding hydrogens is 190 g/mol. The smallest absolute Gasteiger partial charge is 0.254 e. The maximum absolute atomic E-state index is 11.3. The van der Waals surface area contributed by atoms with Crippen molar-refractivity contribution >= 4 is 11.6 Å². The van der Waals surface area contributed by atoms with Crippen LogP contribution in [0, 0.1) is 0 Å². The molecule has 2 aromatic rings. The molecule has 1 N–H and O–H groups in total. The second kappa shape index (κ2) is 3.96. The summed E-state index contributed by atoms with van der Waals surface area (Å²) in [6.45, 7) is 0. The minimum absolute atomic E-state index is 0.0802. The van der Waals surface area contributed by atoms with Crippen LogP contribution in [0.5, 0.6) is 0 Å². The first-order valence-corrected chi connectivity index (χ1v) is 4.61. The maximum Gasteiger partial charge on any atom is 0.254 e. The summed E-state index contributed by atoms with van der Waals surface area (Å²) in [5.74, 6) is 0.536. The minimum atomic E-state index is -0.0802. The average Bonchev–Trinajstić information content (AvgIpc) is 2.26. The van der Waals surface area contributed by atoms with Gasteiger partial charge in [0.2, 0.25) is 5.95 Å². The molecule has 76 valence electrons. The number of benzene rings is 1. The van der Waals surface area contributed by atoms with Gasteiger partial charge in [0, 0.05) is 25.0 Å². The molecule has 0 atom stereocenters. The summed E-state index contributed by atoms with van der Waals surface area (Å²) in [5, 5.41) is 3.06. The Labute approximate surface area is 87.2 Å². The number of hydrogen-bond donors (Lipinski definition) is 1. The molecule has 4 nitrogen and oxygen atoms in total. The van der Waals surface area contributed by atoms with Gasteiger partial charge in [-0.15, -0.1) is 0 Å². The lowest BCUT2D eigenvalue weighted by Gasteiger charge is -2.08. The van der Waals surface area contributed by atoms with Gasteiger partial charge in [-0.05, 0) is 12.1 Å². The van der Waals surface area contributed by atoms with E-state index in [1.807, 2.05) is 30.3 Å². The van der Waals surface area contributed by atoms with E-state index in [0.29, 0.717) is 5.95 Å². The second-order valence-corrected chi connectivity index (χ2v) is 3.16. The SMILES string of the molecule is Cn1c(Nc2ccccc2)nccc1=O. The van der Waals surface area contributed by atoms with Crippen LogP contribution < -0.4 is 10.9 Å². The zero-order chi connectivity index (χ0) is 10.7. The van der Waals surface area contributed by atoms with Crippen molar-refractivity contribution in [1.29, 1.82) is 0 Å². The van der Waals surface area contributed by atoms with Gasteiger partial charge in [-0.1, -0.05) is 18.2 Å². The van der Waals surface area contributed by atoms with Crippen molar-refractivity contribution in [1.82, 2.24) is 9.55 Å². The number of nitrogens with zero attached hydrogens (tertiary/aromatic N) is 2. The summed E-state index contributed by atoms with van der Waals surface area (Å²) in [6, 6.07) is 11.0. The molecule has 0 fully saturated rings. The van der Waals surface area contributed by atoms with E-state index in [2.05, 4.69) is 10.3 Å². The van der Waals surface area contributed by atoms with E-state index in [0.717, 1.165) is 5.69 Å². The summed E-state index contributed by atoms with van der Waals surface area (Å²) in [6.07, 6.45) is 1.49. The number of hydrogen-bond acceptors (Lipinski definition) is 3. The first-order chi connectivity index (χ1) is 7.27. The Bertz CT molecular complexity index is 505. The molecule has 15 heavy (non-hydrogen) atoms. The van der Waals surface area contributed by atoms with Crippen molar-refractivity contribution in [3.8, 4) is 0 Å². The normalized spacial score (nSPS) is 9.93. The summed E-state index contributed by atoms with van der Waals surface area (Å²) in [4.78, 5) is 15.4. The van der Waals surface area contributed by atoms with E-state index in [4.69, 9.17) is 0 Å². The molecule has 0 saturated heterocycles. The van der Waals surface area contributed by atoms with Crippen LogP contribution in [0.1, 0.15) is 0 Å². The first kappa shape index (κ1) is 9.45. The van der Waals surface area contributed by atoms with Crippen LogP contribution in [-0.2, 0) is 7.05 Å². The Balaban J connectivity index is 2.33. The van der Waals surface area contributed by atoms with Crippen molar-refractivity contribution in [3.63, 3.8) is 0 Å². The summed E-state index contributed by atoms with van der Waals surface area (Å²) >= 11 is 0. The number of para-hydroxylation sites is 1. The Morgan fingerprint density at radius 1 is 1.20 bits per heavy atom. The molecule has 0 spiro atoms. The molecule has 1 aromatic carbocycles. The quantitative estimate of drug-likeness (QED) is 0.801. The molecule has 0 amide bonds. The summed E-state index contributed by atoms with van der Waals surface area (Å²) in [5.41, 5.74) is 0.828. The molecule has 0 saturated carbocycles. The monoisotopic (exact) mass is 201 g/mol. The van der Waals surface area contributed by atoms with E-state index in [-0.39, 0.29) is 5.56 Å². The summed E-state index contributed by atoms with van der Waals surface area (Å²) in [7, 11) is 1.68. The minimum Gasteiger partial charge on any atom is -0.326 e. The van der Waals surface area contributed by atoms with Gasteiger partial charge in [0.05, 0.1) is 0 Å². The van der Waals surface area contributed by atoms with E-state index in [1.54, 1.807) is 7.05 Å². The topological polar surface area (TPSA) is 46.9 Å². The lowest BCUT2D eigenvalue weighted by molar-refractivity contribution is 0.838. The summed E-state index contributed by atoms with van der Waals surface area (Å²) < 4.78 is 1.47. The molecule has 0 aliphatic rings. The van der Waals surface area contributed by atoms with Crippen LogP contribution in [-0.4, -0.2) is 9.55 Å². The highest BCUT2D eigenvalue weighted by atomic mass is 16.1. The standard InChI is InChI=1S/C11H11N3O/c1-14-10(15)7-8-12-11(14)13-9-5-3-2-4-6-9/h2-8H,1H3,(H,12,13). The second-order valence-electron chi connectivity index (χ2n) is 3.16. The Morgan fingerprint density at radius 3 is 2.67 bits per heavy atom. The van der Waals surface area contributed by atoms with Gasteiger partial charge in [0.1, 0.15) is 0 Å². The molecule has 4 heteroatoms. The van der Waals surface area contributed by atoms with E-state index >= 15 is 0 Å². The van der Waals surface area contributed by atoms with Gasteiger partial charge in [-0.3, -0.25) is 9.36 Å². The lowest BCUT2D eigenvalue weighted by Crippen LogP contribution is -2.19. The predicted octanol–water partition coefficient (Wildman–Crippen LogP) is 1.52. The van der Waals surface area contributed by atoms with Crippen LogP contribution in [0.4, 0.5) is 11.6 Å². The number of anilines is 2. The van der Waals surface area contributed by atoms with E-state index < -0.39 is 0 Å². The fraction of sp³-hybridized carbons (Fsp3) is 0.0909. The zero-order valence-corrected chi connectivity index (χ0v) is 8.34. The third-order valence-electron chi connectivity index (χ3n) is 2.09. The van der Waals surface area contributed by atoms with E-state index in [1.165, 1.54) is 16.8 Å². The highest BCUT2D eigenvalue weighted by molar-refractivity contribution is 5.52. The zero-order valence-electron chi connectivity index (χ0n) is 8.34. The number of aromatic nitrogens is 2. The van der Waals surface area contributed by atoms with Crippen LogP contribution in [0.15, 0.2) is 47.4 Å². The molecule has 1 heterocycles. The van der Waals surface area contributed by atoms with Gasteiger partial charge in [0.25, 0.3) is 5.56 Å². The van der Waals surface area contributed by atoms with Crippen molar-refractivity contribution in [2.45, 2.75) is 0 Å². The fourth-order valence-corrected chi connectivity index (χ4v) is 1.24. The average molecular weight is 201 g/mol. The number of rotatable bonds is 2. The molecule has 0 aliphatic carbocycles. The van der Waals surface area contributed by atoms with Crippen molar-refractivity contribution in [2.75, 3.05) is 5.32 Å².